The normalized spacial score (nSPS) is 15.3. The maximum Gasteiger partial charge on any atom is 0.244 e. The maximum absolute atomic E-state index is 11.8. The first-order valence-electron chi connectivity index (χ1n) is 7.58. The van der Waals surface area contributed by atoms with E-state index in [1.807, 2.05) is 0 Å². The Bertz CT molecular complexity index is 741. The number of nitrogens with one attached hydrogen (secondary N) is 2. The molecule has 1 saturated carbocycles. The molecule has 0 spiro atoms. The van der Waals surface area contributed by atoms with Crippen LogP contribution in [0.15, 0.2) is 18.6 Å². The van der Waals surface area contributed by atoms with E-state index in [2.05, 4.69) is 20.3 Å². The third-order valence-electron chi connectivity index (χ3n) is 3.37. The number of carbonyl (C=O) groups is 1. The number of rotatable bonds is 6. The Kier molecular flexibility index (Phi) is 4.04. The minimum absolute atomic E-state index is 0.107. The highest BCUT2D eigenvalue weighted by atomic mass is 16.5. The number of aliphatic hydroxyl groups is 1. The number of carbonyl (C=O) groups excluding carboxylic acids is 1. The molecule has 0 radical (unpaired) electrons. The van der Waals surface area contributed by atoms with Crippen LogP contribution in [-0.2, 0) is 4.79 Å². The molecule has 0 aliphatic heterocycles. The van der Waals surface area contributed by atoms with Crippen molar-refractivity contribution in [3.63, 3.8) is 0 Å². The van der Waals surface area contributed by atoms with Crippen LogP contribution in [0, 0.1) is 0 Å². The van der Waals surface area contributed by atoms with E-state index < -0.39 is 5.60 Å². The van der Waals surface area contributed by atoms with Gasteiger partial charge in [-0.2, -0.15) is 0 Å². The molecule has 0 saturated heterocycles. The molecule has 7 heteroatoms. The van der Waals surface area contributed by atoms with Gasteiger partial charge >= 0.3 is 0 Å². The van der Waals surface area contributed by atoms with Crippen LogP contribution in [0.25, 0.3) is 17.1 Å². The van der Waals surface area contributed by atoms with Gasteiger partial charge in [0.2, 0.25) is 11.8 Å². The Morgan fingerprint density at radius 2 is 2.30 bits per heavy atom. The van der Waals surface area contributed by atoms with E-state index in [0.29, 0.717) is 23.0 Å². The summed E-state index contributed by atoms with van der Waals surface area (Å²) < 4.78 is 5.61. The van der Waals surface area contributed by atoms with Crippen LogP contribution in [0.4, 0.5) is 0 Å². The molecule has 1 fully saturated rings. The highest BCUT2D eigenvalue weighted by molar-refractivity contribution is 5.97. The summed E-state index contributed by atoms with van der Waals surface area (Å²) in [5.41, 5.74) is 0.415. The number of nitrogens with zero attached hydrogens (tertiary/aromatic N) is 2. The van der Waals surface area contributed by atoms with Crippen molar-refractivity contribution in [3.8, 4) is 5.88 Å². The molecule has 1 amide bonds. The van der Waals surface area contributed by atoms with Crippen LogP contribution in [0.2, 0.25) is 0 Å². The molecule has 0 aromatic carbocycles. The fourth-order valence-electron chi connectivity index (χ4n) is 2.09. The second-order valence-electron chi connectivity index (χ2n) is 6.36. The monoisotopic (exact) mass is 316 g/mol. The number of amides is 1. The SMILES string of the molecule is CC(C)(O)COc1ncnc2[nH]cc(/C=C/C(=O)NC3CC3)c12. The lowest BCUT2D eigenvalue weighted by Crippen LogP contribution is -2.28. The number of hydrogen-bond donors (Lipinski definition) is 3. The fraction of sp³-hybridized carbons (Fsp3) is 0.438. The van der Waals surface area contributed by atoms with E-state index in [-0.39, 0.29) is 12.5 Å². The van der Waals surface area contributed by atoms with Gasteiger partial charge in [0.1, 0.15) is 18.6 Å². The first-order valence-corrected chi connectivity index (χ1v) is 7.58. The summed E-state index contributed by atoms with van der Waals surface area (Å²) >= 11 is 0. The number of hydrogen-bond acceptors (Lipinski definition) is 5. The summed E-state index contributed by atoms with van der Waals surface area (Å²) in [5.74, 6) is 0.262. The van der Waals surface area contributed by atoms with Crippen molar-refractivity contribution in [1.29, 1.82) is 0 Å². The summed E-state index contributed by atoms with van der Waals surface area (Å²) in [4.78, 5) is 23.1. The topological polar surface area (TPSA) is 100 Å². The van der Waals surface area contributed by atoms with Gasteiger partial charge in [0, 0.05) is 23.9 Å². The van der Waals surface area contributed by atoms with Gasteiger partial charge in [-0.15, -0.1) is 0 Å². The average molecular weight is 316 g/mol. The van der Waals surface area contributed by atoms with Gasteiger partial charge < -0.3 is 20.1 Å². The predicted molar refractivity (Wildman–Crippen MR) is 85.9 cm³/mol. The predicted octanol–water partition coefficient (Wildman–Crippen LogP) is 1.40. The molecule has 2 aromatic heterocycles. The second-order valence-corrected chi connectivity index (χ2v) is 6.36. The highest BCUT2D eigenvalue weighted by Crippen LogP contribution is 2.26. The smallest absolute Gasteiger partial charge is 0.244 e. The quantitative estimate of drug-likeness (QED) is 0.699. The molecule has 7 nitrogen and oxygen atoms in total. The average Bonchev–Trinajstić information content (AvgIpc) is 3.19. The Morgan fingerprint density at radius 3 is 3.00 bits per heavy atom. The lowest BCUT2D eigenvalue weighted by Gasteiger charge is -2.17. The van der Waals surface area contributed by atoms with Gasteiger partial charge in [-0.3, -0.25) is 4.79 Å². The molecule has 122 valence electrons. The largest absolute Gasteiger partial charge is 0.474 e. The van der Waals surface area contributed by atoms with E-state index in [9.17, 15) is 9.90 Å². The lowest BCUT2D eigenvalue weighted by atomic mass is 10.2. The number of aromatic nitrogens is 3. The Hall–Kier alpha value is -2.41. The maximum atomic E-state index is 11.8. The summed E-state index contributed by atoms with van der Waals surface area (Å²) in [7, 11) is 0. The van der Waals surface area contributed by atoms with E-state index in [4.69, 9.17) is 4.74 Å². The van der Waals surface area contributed by atoms with Crippen molar-refractivity contribution in [2.24, 2.45) is 0 Å². The first kappa shape index (κ1) is 15.5. The van der Waals surface area contributed by atoms with Crippen LogP contribution >= 0.6 is 0 Å². The van der Waals surface area contributed by atoms with Gasteiger partial charge in [0.25, 0.3) is 0 Å². The van der Waals surface area contributed by atoms with Crippen molar-refractivity contribution in [2.45, 2.75) is 38.3 Å². The van der Waals surface area contributed by atoms with Crippen LogP contribution in [0.1, 0.15) is 32.3 Å². The second kappa shape index (κ2) is 6.00. The summed E-state index contributed by atoms with van der Waals surface area (Å²) in [5, 5.41) is 13.4. The molecule has 3 rings (SSSR count). The summed E-state index contributed by atoms with van der Waals surface area (Å²) in [6, 6.07) is 0.323. The van der Waals surface area contributed by atoms with E-state index in [0.717, 1.165) is 18.4 Å². The summed E-state index contributed by atoms with van der Waals surface area (Å²) in [6.45, 7) is 3.42. The van der Waals surface area contributed by atoms with Crippen LogP contribution < -0.4 is 10.1 Å². The first-order chi connectivity index (χ1) is 10.9. The van der Waals surface area contributed by atoms with Gasteiger partial charge in [-0.25, -0.2) is 9.97 Å². The minimum Gasteiger partial charge on any atom is -0.474 e. The number of aromatic amines is 1. The van der Waals surface area contributed by atoms with Gasteiger partial charge in [-0.05, 0) is 32.8 Å². The third kappa shape index (κ3) is 4.07. The minimum atomic E-state index is -0.965. The number of H-pyrrole nitrogens is 1. The molecular formula is C16H20N4O3. The van der Waals surface area contributed by atoms with E-state index in [1.165, 1.54) is 12.4 Å². The molecule has 0 bridgehead atoms. The lowest BCUT2D eigenvalue weighted by molar-refractivity contribution is -0.116. The zero-order valence-corrected chi connectivity index (χ0v) is 13.2. The van der Waals surface area contributed by atoms with Crippen molar-refractivity contribution in [2.75, 3.05) is 6.61 Å². The fourth-order valence-corrected chi connectivity index (χ4v) is 2.09. The van der Waals surface area contributed by atoms with Gasteiger partial charge in [0.05, 0.1) is 11.0 Å². The molecule has 0 atom stereocenters. The molecule has 1 aliphatic rings. The Morgan fingerprint density at radius 1 is 1.52 bits per heavy atom. The zero-order chi connectivity index (χ0) is 16.4. The summed E-state index contributed by atoms with van der Waals surface area (Å²) in [6.07, 6.45) is 8.44. The van der Waals surface area contributed by atoms with Crippen LogP contribution in [0.3, 0.4) is 0 Å². The zero-order valence-electron chi connectivity index (χ0n) is 13.2. The van der Waals surface area contributed by atoms with Gasteiger partial charge in [-0.1, -0.05) is 0 Å². The van der Waals surface area contributed by atoms with Crippen molar-refractivity contribution >= 4 is 23.0 Å². The molecule has 2 heterocycles. The third-order valence-corrected chi connectivity index (χ3v) is 3.37. The van der Waals surface area contributed by atoms with E-state index in [1.54, 1.807) is 26.1 Å². The Balaban J connectivity index is 1.82. The van der Waals surface area contributed by atoms with Gasteiger partial charge in [0.15, 0.2) is 0 Å². The van der Waals surface area contributed by atoms with E-state index >= 15 is 0 Å². The highest BCUT2D eigenvalue weighted by Gasteiger charge is 2.22. The Labute approximate surface area is 133 Å². The van der Waals surface area contributed by atoms with Crippen molar-refractivity contribution in [1.82, 2.24) is 20.3 Å². The number of ether oxygens (including phenoxy) is 1. The molecule has 1 aliphatic carbocycles. The number of fused-ring (bicyclic) bond motifs is 1. The molecule has 3 N–H and O–H groups in total. The molecular weight excluding hydrogens is 296 g/mol. The van der Waals surface area contributed by atoms with Crippen LogP contribution in [0.5, 0.6) is 5.88 Å². The molecule has 2 aromatic rings. The van der Waals surface area contributed by atoms with Crippen molar-refractivity contribution in [3.05, 3.63) is 24.2 Å². The molecule has 23 heavy (non-hydrogen) atoms. The molecule has 0 unspecified atom stereocenters. The standard InChI is InChI=1S/C16H20N4O3/c1-16(2,22)8-23-15-13-10(7-17-14(13)18-9-19-15)3-6-12(21)20-11-4-5-11/h3,6-7,9,11,22H,4-5,8H2,1-2H3,(H,20,21)(H,17,18,19)/b6-3+. The van der Waals surface area contributed by atoms with Crippen LogP contribution in [-0.4, -0.2) is 44.2 Å². The van der Waals surface area contributed by atoms with Crippen molar-refractivity contribution < 1.29 is 14.6 Å².